The summed E-state index contributed by atoms with van der Waals surface area (Å²) in [5.41, 5.74) is 0. The molecule has 3 rings (SSSR count). The molecule has 5 heteroatoms. The lowest BCUT2D eigenvalue weighted by Crippen LogP contribution is -2.45. The summed E-state index contributed by atoms with van der Waals surface area (Å²) in [5, 5.41) is 9.58. The Morgan fingerprint density at radius 1 is 1.05 bits per heavy atom. The average Bonchev–Trinajstić information content (AvgIpc) is 2.95. The predicted molar refractivity (Wildman–Crippen MR) is 79.9 cm³/mol. The molecule has 1 saturated carbocycles. The van der Waals surface area contributed by atoms with Crippen LogP contribution >= 0.6 is 0 Å². The summed E-state index contributed by atoms with van der Waals surface area (Å²) in [6.07, 6.45) is 4.33. The zero-order valence-corrected chi connectivity index (χ0v) is 12.9. The average molecular weight is 296 g/mol. The van der Waals surface area contributed by atoms with Gasteiger partial charge >= 0.3 is 0 Å². The molecule has 5 nitrogen and oxygen atoms in total. The van der Waals surface area contributed by atoms with Crippen LogP contribution in [0.1, 0.15) is 32.1 Å². The van der Waals surface area contributed by atoms with Crippen molar-refractivity contribution in [1.82, 2.24) is 9.80 Å². The van der Waals surface area contributed by atoms with Gasteiger partial charge in [0.15, 0.2) is 0 Å². The van der Waals surface area contributed by atoms with E-state index in [9.17, 15) is 9.90 Å². The number of hydrogen-bond acceptors (Lipinski definition) is 4. The molecular weight excluding hydrogens is 268 g/mol. The van der Waals surface area contributed by atoms with Crippen molar-refractivity contribution in [2.24, 2.45) is 11.8 Å². The Hall–Kier alpha value is -0.650. The molecule has 0 radical (unpaired) electrons. The van der Waals surface area contributed by atoms with Crippen LogP contribution in [0.2, 0.25) is 0 Å². The SMILES string of the molecule is O=C([C@@H]1CC[C@@H](O)C1)N1CCC(CN2CCOCC2)CC1. The molecule has 1 amide bonds. The molecule has 1 N–H and O–H groups in total. The first-order valence-corrected chi connectivity index (χ1v) is 8.49. The molecule has 21 heavy (non-hydrogen) atoms. The molecule has 1 aliphatic carbocycles. The number of morpholine rings is 1. The van der Waals surface area contributed by atoms with Gasteiger partial charge < -0.3 is 14.7 Å². The fourth-order valence-corrected chi connectivity index (χ4v) is 3.92. The number of aliphatic hydroxyl groups is 1. The summed E-state index contributed by atoms with van der Waals surface area (Å²) >= 11 is 0. The maximum Gasteiger partial charge on any atom is 0.225 e. The van der Waals surface area contributed by atoms with Crippen molar-refractivity contribution < 1.29 is 14.6 Å². The van der Waals surface area contributed by atoms with E-state index in [1.54, 1.807) is 0 Å². The minimum atomic E-state index is -0.252. The van der Waals surface area contributed by atoms with E-state index in [4.69, 9.17) is 4.74 Å². The van der Waals surface area contributed by atoms with Crippen LogP contribution in [0.4, 0.5) is 0 Å². The molecule has 2 saturated heterocycles. The van der Waals surface area contributed by atoms with E-state index in [-0.39, 0.29) is 17.9 Å². The van der Waals surface area contributed by atoms with Gasteiger partial charge in [0.2, 0.25) is 5.91 Å². The highest BCUT2D eigenvalue weighted by Crippen LogP contribution is 2.29. The number of likely N-dealkylation sites (tertiary alicyclic amines) is 1. The summed E-state index contributed by atoms with van der Waals surface area (Å²) in [7, 11) is 0. The number of amides is 1. The van der Waals surface area contributed by atoms with Crippen LogP contribution in [0.5, 0.6) is 0 Å². The minimum absolute atomic E-state index is 0.0794. The highest BCUT2D eigenvalue weighted by Gasteiger charge is 2.33. The van der Waals surface area contributed by atoms with Crippen LogP contribution < -0.4 is 0 Å². The zero-order valence-electron chi connectivity index (χ0n) is 12.9. The maximum absolute atomic E-state index is 12.4. The van der Waals surface area contributed by atoms with Crippen molar-refractivity contribution in [2.75, 3.05) is 45.9 Å². The van der Waals surface area contributed by atoms with E-state index < -0.39 is 0 Å². The topological polar surface area (TPSA) is 53.0 Å². The van der Waals surface area contributed by atoms with Crippen LogP contribution in [0.15, 0.2) is 0 Å². The molecule has 0 aromatic rings. The smallest absolute Gasteiger partial charge is 0.225 e. The fraction of sp³-hybridized carbons (Fsp3) is 0.938. The Morgan fingerprint density at radius 3 is 2.38 bits per heavy atom. The molecule has 120 valence electrons. The normalized spacial score (nSPS) is 32.5. The fourth-order valence-electron chi connectivity index (χ4n) is 3.92. The van der Waals surface area contributed by atoms with Gasteiger partial charge in [-0.1, -0.05) is 0 Å². The van der Waals surface area contributed by atoms with Crippen LogP contribution in [0.3, 0.4) is 0 Å². The van der Waals surface area contributed by atoms with Crippen LogP contribution in [-0.2, 0) is 9.53 Å². The van der Waals surface area contributed by atoms with E-state index in [0.717, 1.165) is 77.5 Å². The Morgan fingerprint density at radius 2 is 1.76 bits per heavy atom. The van der Waals surface area contributed by atoms with Crippen LogP contribution in [0, 0.1) is 11.8 Å². The summed E-state index contributed by atoms with van der Waals surface area (Å²) < 4.78 is 5.39. The summed E-state index contributed by atoms with van der Waals surface area (Å²) in [6.45, 7) is 6.80. The molecule has 0 aromatic heterocycles. The third-order valence-electron chi connectivity index (χ3n) is 5.30. The number of rotatable bonds is 3. The van der Waals surface area contributed by atoms with Gasteiger partial charge in [-0.2, -0.15) is 0 Å². The zero-order chi connectivity index (χ0) is 14.7. The molecule has 0 unspecified atom stereocenters. The number of aliphatic hydroxyl groups excluding tert-OH is 1. The van der Waals surface area contributed by atoms with Crippen molar-refractivity contribution >= 4 is 5.91 Å². The minimum Gasteiger partial charge on any atom is -0.393 e. The monoisotopic (exact) mass is 296 g/mol. The molecule has 3 fully saturated rings. The van der Waals surface area contributed by atoms with Gasteiger partial charge in [-0.05, 0) is 38.0 Å². The molecule has 0 aromatic carbocycles. The first-order valence-electron chi connectivity index (χ1n) is 8.49. The molecule has 0 bridgehead atoms. The first-order chi connectivity index (χ1) is 10.2. The Kier molecular flexibility index (Phi) is 5.14. The number of carbonyl (C=O) groups excluding carboxylic acids is 1. The van der Waals surface area contributed by atoms with Crippen molar-refractivity contribution in [3.63, 3.8) is 0 Å². The van der Waals surface area contributed by atoms with Gasteiger partial charge in [-0.25, -0.2) is 0 Å². The lowest BCUT2D eigenvalue weighted by molar-refractivity contribution is -0.137. The summed E-state index contributed by atoms with van der Waals surface area (Å²) in [4.78, 5) is 17.0. The first kappa shape index (κ1) is 15.3. The third-order valence-corrected chi connectivity index (χ3v) is 5.30. The highest BCUT2D eigenvalue weighted by atomic mass is 16.5. The van der Waals surface area contributed by atoms with E-state index in [1.165, 1.54) is 0 Å². The molecule has 0 spiro atoms. The van der Waals surface area contributed by atoms with E-state index in [1.807, 2.05) is 4.90 Å². The van der Waals surface area contributed by atoms with Gasteiger partial charge in [0.1, 0.15) is 0 Å². The number of ether oxygens (including phenoxy) is 1. The van der Waals surface area contributed by atoms with Gasteiger partial charge in [-0.3, -0.25) is 9.69 Å². The lowest BCUT2D eigenvalue weighted by Gasteiger charge is -2.36. The molecular formula is C16H28N2O3. The number of nitrogens with zero attached hydrogens (tertiary/aromatic N) is 2. The Balaban J connectivity index is 1.41. The van der Waals surface area contributed by atoms with E-state index in [0.29, 0.717) is 6.42 Å². The molecule has 2 atom stereocenters. The second-order valence-corrected chi connectivity index (χ2v) is 6.85. The molecule has 2 heterocycles. The van der Waals surface area contributed by atoms with Gasteiger partial charge in [0.25, 0.3) is 0 Å². The number of carbonyl (C=O) groups is 1. The second-order valence-electron chi connectivity index (χ2n) is 6.85. The van der Waals surface area contributed by atoms with Crippen LogP contribution in [-0.4, -0.2) is 72.9 Å². The molecule has 2 aliphatic heterocycles. The highest BCUT2D eigenvalue weighted by molar-refractivity contribution is 5.79. The van der Waals surface area contributed by atoms with Gasteiger partial charge in [0, 0.05) is 38.6 Å². The Labute approximate surface area is 127 Å². The van der Waals surface area contributed by atoms with Crippen molar-refractivity contribution in [2.45, 2.75) is 38.2 Å². The lowest BCUT2D eigenvalue weighted by atomic mass is 9.94. The van der Waals surface area contributed by atoms with Crippen molar-refractivity contribution in [1.29, 1.82) is 0 Å². The third kappa shape index (κ3) is 3.96. The van der Waals surface area contributed by atoms with E-state index in [2.05, 4.69) is 4.90 Å². The summed E-state index contributed by atoms with van der Waals surface area (Å²) in [6, 6.07) is 0. The molecule has 3 aliphatic rings. The second kappa shape index (κ2) is 7.07. The maximum atomic E-state index is 12.4. The van der Waals surface area contributed by atoms with Gasteiger partial charge in [-0.15, -0.1) is 0 Å². The van der Waals surface area contributed by atoms with Crippen LogP contribution in [0.25, 0.3) is 0 Å². The number of hydrogen-bond donors (Lipinski definition) is 1. The number of piperidine rings is 1. The summed E-state index contributed by atoms with van der Waals surface area (Å²) in [5.74, 6) is 1.09. The quantitative estimate of drug-likeness (QED) is 0.834. The standard InChI is InChI=1S/C16H28N2O3/c19-15-2-1-14(11-15)16(20)18-5-3-13(4-6-18)12-17-7-9-21-10-8-17/h13-15,19H,1-12H2/t14-,15-/m1/s1. The largest absolute Gasteiger partial charge is 0.393 e. The predicted octanol–water partition coefficient (Wildman–Crippen LogP) is 0.718. The Bertz CT molecular complexity index is 349. The van der Waals surface area contributed by atoms with Crippen molar-refractivity contribution in [3.8, 4) is 0 Å². The van der Waals surface area contributed by atoms with Gasteiger partial charge in [0.05, 0.1) is 19.3 Å². The van der Waals surface area contributed by atoms with E-state index >= 15 is 0 Å². The van der Waals surface area contributed by atoms with Crippen molar-refractivity contribution in [3.05, 3.63) is 0 Å².